The van der Waals surface area contributed by atoms with Crippen molar-refractivity contribution in [1.82, 2.24) is 4.98 Å². The molecule has 0 spiro atoms. The van der Waals surface area contributed by atoms with Crippen LogP contribution in [0.4, 0.5) is 5.13 Å². The molecule has 25 heavy (non-hydrogen) atoms. The number of halogens is 2. The number of carbonyl (C=O) groups excluding carboxylic acids is 1. The zero-order chi connectivity index (χ0) is 17.8. The van der Waals surface area contributed by atoms with Crippen molar-refractivity contribution in [2.24, 2.45) is 5.16 Å². The van der Waals surface area contributed by atoms with Crippen molar-refractivity contribution >= 4 is 62.0 Å². The minimum absolute atomic E-state index is 0.121. The van der Waals surface area contributed by atoms with Crippen LogP contribution in [0.1, 0.15) is 5.56 Å². The van der Waals surface area contributed by atoms with Crippen molar-refractivity contribution < 1.29 is 14.7 Å². The Balaban J connectivity index is 1.53. The number of phenolic OH excluding ortho intramolecular Hbond substituents is 1. The Morgan fingerprint density at radius 1 is 1.28 bits per heavy atom. The highest BCUT2D eigenvalue weighted by Crippen LogP contribution is 2.28. The van der Waals surface area contributed by atoms with Crippen molar-refractivity contribution in [3.8, 4) is 5.75 Å². The van der Waals surface area contributed by atoms with Crippen LogP contribution in [0.2, 0.25) is 10.0 Å². The van der Waals surface area contributed by atoms with E-state index < -0.39 is 5.91 Å². The number of anilines is 1. The summed E-state index contributed by atoms with van der Waals surface area (Å²) in [4.78, 5) is 21.0. The molecule has 1 amide bonds. The van der Waals surface area contributed by atoms with E-state index in [2.05, 4.69) is 15.5 Å². The van der Waals surface area contributed by atoms with Gasteiger partial charge in [0.05, 0.1) is 26.5 Å². The number of thiazole rings is 1. The monoisotopic (exact) mass is 395 g/mol. The molecule has 0 radical (unpaired) electrons. The Labute approximate surface area is 156 Å². The summed E-state index contributed by atoms with van der Waals surface area (Å²) in [5.41, 5.74) is 1.31. The van der Waals surface area contributed by atoms with Gasteiger partial charge in [-0.3, -0.25) is 10.1 Å². The van der Waals surface area contributed by atoms with E-state index in [0.29, 0.717) is 26.3 Å². The minimum Gasteiger partial charge on any atom is -0.508 e. The Kier molecular flexibility index (Phi) is 5.37. The zero-order valence-electron chi connectivity index (χ0n) is 12.6. The minimum atomic E-state index is -0.394. The van der Waals surface area contributed by atoms with E-state index in [0.717, 1.165) is 4.70 Å². The summed E-state index contributed by atoms with van der Waals surface area (Å²) in [6.45, 7) is -0.265. The fourth-order valence-corrected chi connectivity index (χ4v) is 3.08. The number of carbonyl (C=O) groups is 1. The van der Waals surface area contributed by atoms with Crippen molar-refractivity contribution in [2.75, 3.05) is 11.9 Å². The summed E-state index contributed by atoms with van der Waals surface area (Å²) in [7, 11) is 0. The maximum Gasteiger partial charge on any atom is 0.266 e. The molecule has 0 bridgehead atoms. The van der Waals surface area contributed by atoms with Gasteiger partial charge in [-0.2, -0.15) is 0 Å². The number of rotatable bonds is 5. The molecule has 9 heteroatoms. The highest BCUT2D eigenvalue weighted by molar-refractivity contribution is 7.22. The Hall–Kier alpha value is -2.35. The van der Waals surface area contributed by atoms with Gasteiger partial charge in [0.15, 0.2) is 11.7 Å². The Morgan fingerprint density at radius 2 is 2.12 bits per heavy atom. The lowest BCUT2D eigenvalue weighted by Gasteiger charge is -2.00. The molecular weight excluding hydrogens is 385 g/mol. The Bertz CT molecular complexity index is 959. The smallest absolute Gasteiger partial charge is 0.266 e. The largest absolute Gasteiger partial charge is 0.508 e. The van der Waals surface area contributed by atoms with Crippen molar-refractivity contribution in [1.29, 1.82) is 0 Å². The van der Waals surface area contributed by atoms with Crippen molar-refractivity contribution in [3.63, 3.8) is 0 Å². The van der Waals surface area contributed by atoms with E-state index in [-0.39, 0.29) is 12.4 Å². The average molecular weight is 396 g/mol. The number of fused-ring (bicyclic) bond motifs is 1. The summed E-state index contributed by atoms with van der Waals surface area (Å²) < 4.78 is 0.853. The summed E-state index contributed by atoms with van der Waals surface area (Å²) in [6, 6.07) is 9.82. The van der Waals surface area contributed by atoms with Crippen LogP contribution in [0, 0.1) is 0 Å². The van der Waals surface area contributed by atoms with Crippen LogP contribution in [-0.2, 0) is 9.63 Å². The molecule has 2 N–H and O–H groups in total. The number of aromatic hydroxyl groups is 1. The molecule has 0 saturated carbocycles. The molecule has 0 fully saturated rings. The molecule has 3 rings (SSSR count). The average Bonchev–Trinajstić information content (AvgIpc) is 2.96. The van der Waals surface area contributed by atoms with Gasteiger partial charge in [-0.1, -0.05) is 45.8 Å². The lowest BCUT2D eigenvalue weighted by atomic mass is 10.2. The molecule has 128 valence electrons. The summed E-state index contributed by atoms with van der Waals surface area (Å²) in [5.74, 6) is -0.273. The third kappa shape index (κ3) is 4.60. The van der Waals surface area contributed by atoms with E-state index >= 15 is 0 Å². The molecule has 1 aromatic heterocycles. The molecule has 6 nitrogen and oxygen atoms in total. The number of oxime groups is 1. The van der Waals surface area contributed by atoms with Gasteiger partial charge in [0.1, 0.15) is 5.75 Å². The lowest BCUT2D eigenvalue weighted by molar-refractivity contribution is -0.120. The number of hydrogen-bond acceptors (Lipinski definition) is 6. The molecule has 0 aliphatic heterocycles. The number of amides is 1. The predicted octanol–water partition coefficient (Wildman–Crippen LogP) is 4.30. The number of benzene rings is 2. The molecule has 0 aliphatic carbocycles. The molecular formula is C16H11Cl2N3O3S. The maximum absolute atomic E-state index is 11.8. The van der Waals surface area contributed by atoms with Gasteiger partial charge in [-0.25, -0.2) is 4.98 Å². The summed E-state index contributed by atoms with van der Waals surface area (Å²) in [6.07, 6.45) is 1.43. The first kappa shape index (κ1) is 17.5. The molecule has 2 aromatic carbocycles. The van der Waals surface area contributed by atoms with E-state index in [4.69, 9.17) is 28.0 Å². The van der Waals surface area contributed by atoms with Gasteiger partial charge in [0.25, 0.3) is 5.91 Å². The van der Waals surface area contributed by atoms with Gasteiger partial charge in [0.2, 0.25) is 0 Å². The first-order valence-corrected chi connectivity index (χ1v) is 8.58. The van der Waals surface area contributed by atoms with E-state index in [1.807, 2.05) is 0 Å². The van der Waals surface area contributed by atoms with Crippen LogP contribution in [0.25, 0.3) is 10.2 Å². The van der Waals surface area contributed by atoms with Gasteiger partial charge < -0.3 is 9.94 Å². The fraction of sp³-hybridized carbons (Fsp3) is 0.0625. The van der Waals surface area contributed by atoms with Crippen LogP contribution in [-0.4, -0.2) is 28.8 Å². The first-order chi connectivity index (χ1) is 12.0. The van der Waals surface area contributed by atoms with E-state index in [1.54, 1.807) is 30.3 Å². The van der Waals surface area contributed by atoms with Crippen molar-refractivity contribution in [3.05, 3.63) is 52.0 Å². The standard InChI is InChI=1S/C16H11Cl2N3O3S/c17-11-3-1-9(5-12(11)18)7-19-24-8-15(23)21-16-20-13-6-10(22)2-4-14(13)25-16/h1-7,22H,8H2,(H,20,21,23)/b19-7+. The third-order valence-corrected chi connectivity index (χ3v) is 4.72. The Morgan fingerprint density at radius 3 is 2.92 bits per heavy atom. The fourth-order valence-electron chi connectivity index (χ4n) is 1.91. The molecule has 1 heterocycles. The summed E-state index contributed by atoms with van der Waals surface area (Å²) >= 11 is 13.0. The van der Waals surface area contributed by atoms with Crippen LogP contribution in [0.3, 0.4) is 0 Å². The van der Waals surface area contributed by atoms with Gasteiger partial charge >= 0.3 is 0 Å². The van der Waals surface area contributed by atoms with Gasteiger partial charge in [-0.05, 0) is 29.8 Å². The SMILES string of the molecule is O=C(CO/N=C/c1ccc(Cl)c(Cl)c1)Nc1nc2cc(O)ccc2s1. The van der Waals surface area contributed by atoms with Gasteiger partial charge in [0, 0.05) is 6.07 Å². The number of nitrogens with one attached hydrogen (secondary N) is 1. The normalized spacial score (nSPS) is 11.1. The highest BCUT2D eigenvalue weighted by Gasteiger charge is 2.08. The molecule has 3 aromatic rings. The maximum atomic E-state index is 11.8. The van der Waals surface area contributed by atoms with Crippen LogP contribution in [0.5, 0.6) is 5.75 Å². The first-order valence-electron chi connectivity index (χ1n) is 7.01. The van der Waals surface area contributed by atoms with E-state index in [9.17, 15) is 9.90 Å². The summed E-state index contributed by atoms with van der Waals surface area (Å²) in [5, 5.41) is 17.0. The molecule has 0 aliphatic rings. The number of phenols is 1. The quantitative estimate of drug-likeness (QED) is 0.498. The highest BCUT2D eigenvalue weighted by atomic mass is 35.5. The zero-order valence-corrected chi connectivity index (χ0v) is 14.9. The van der Waals surface area contributed by atoms with Gasteiger partial charge in [-0.15, -0.1) is 0 Å². The van der Waals surface area contributed by atoms with Crippen LogP contribution >= 0.6 is 34.5 Å². The number of aromatic nitrogens is 1. The third-order valence-electron chi connectivity index (χ3n) is 3.03. The lowest BCUT2D eigenvalue weighted by Crippen LogP contribution is -2.16. The second-order valence-corrected chi connectivity index (χ2v) is 6.75. The second-order valence-electron chi connectivity index (χ2n) is 4.90. The topological polar surface area (TPSA) is 83.8 Å². The van der Waals surface area contributed by atoms with Crippen LogP contribution in [0.15, 0.2) is 41.6 Å². The number of nitrogens with zero attached hydrogens (tertiary/aromatic N) is 2. The second kappa shape index (κ2) is 7.69. The van der Waals surface area contributed by atoms with Crippen LogP contribution < -0.4 is 5.32 Å². The molecule has 0 atom stereocenters. The van der Waals surface area contributed by atoms with Crippen molar-refractivity contribution in [2.45, 2.75) is 0 Å². The number of hydrogen-bond donors (Lipinski definition) is 2. The van der Waals surface area contributed by atoms with E-state index in [1.165, 1.54) is 23.6 Å². The predicted molar refractivity (Wildman–Crippen MR) is 99.9 cm³/mol. The molecule has 0 saturated heterocycles. The molecule has 0 unspecified atom stereocenters.